The zero-order valence-electron chi connectivity index (χ0n) is 13.4. The van der Waals surface area contributed by atoms with Crippen LogP contribution >= 0.6 is 0 Å². The molecule has 5 nitrogen and oxygen atoms in total. The molecule has 0 bridgehead atoms. The molecule has 2 aliphatic rings. The van der Waals surface area contributed by atoms with Gasteiger partial charge in [0.25, 0.3) is 0 Å². The van der Waals surface area contributed by atoms with Crippen molar-refractivity contribution in [3.8, 4) is 0 Å². The minimum atomic E-state index is -0.985. The van der Waals surface area contributed by atoms with Gasteiger partial charge in [0.15, 0.2) is 0 Å². The Morgan fingerprint density at radius 1 is 1.29 bits per heavy atom. The van der Waals surface area contributed by atoms with Gasteiger partial charge >= 0.3 is 5.97 Å². The number of piperidine rings is 1. The number of hydrogen-bond donors (Lipinski definition) is 2. The summed E-state index contributed by atoms with van der Waals surface area (Å²) in [6.07, 6.45) is 4.74. The lowest BCUT2D eigenvalue weighted by atomic mass is 9.76. The molecule has 0 aromatic heterocycles. The quantitative estimate of drug-likeness (QED) is 0.832. The van der Waals surface area contributed by atoms with Gasteiger partial charge in [-0.2, -0.15) is 0 Å². The monoisotopic (exact) mass is 296 g/mol. The van der Waals surface area contributed by atoms with Crippen LogP contribution in [-0.4, -0.2) is 46.6 Å². The molecule has 0 saturated carbocycles. The van der Waals surface area contributed by atoms with E-state index in [1.54, 1.807) is 4.90 Å². The fourth-order valence-corrected chi connectivity index (χ4v) is 3.99. The van der Waals surface area contributed by atoms with Crippen LogP contribution in [0.15, 0.2) is 0 Å². The van der Waals surface area contributed by atoms with Gasteiger partial charge in [-0.3, -0.25) is 4.79 Å². The van der Waals surface area contributed by atoms with Crippen molar-refractivity contribution in [3.05, 3.63) is 0 Å². The standard InChI is InChI=1S/C16H28N2O3/c1-4-7-16(14(20)21)9-6-11-18(16)13(19)12-15(2,3)8-5-10-17-12/h12,17H,4-11H2,1-3H3,(H,20,21). The minimum absolute atomic E-state index is 0.0203. The van der Waals surface area contributed by atoms with E-state index in [1.807, 2.05) is 6.92 Å². The molecular weight excluding hydrogens is 268 g/mol. The number of nitrogens with zero attached hydrogens (tertiary/aromatic N) is 1. The van der Waals surface area contributed by atoms with Crippen LogP contribution in [0.2, 0.25) is 0 Å². The summed E-state index contributed by atoms with van der Waals surface area (Å²) in [5.74, 6) is -0.864. The third-order valence-electron chi connectivity index (χ3n) is 5.19. The predicted octanol–water partition coefficient (Wildman–Crippen LogP) is 2.01. The number of amides is 1. The lowest BCUT2D eigenvalue weighted by molar-refractivity contribution is -0.159. The Morgan fingerprint density at radius 3 is 2.57 bits per heavy atom. The van der Waals surface area contributed by atoms with Crippen molar-refractivity contribution in [1.29, 1.82) is 0 Å². The number of aliphatic carboxylic acids is 1. The lowest BCUT2D eigenvalue weighted by Gasteiger charge is -2.43. The molecule has 0 aliphatic carbocycles. The van der Waals surface area contributed by atoms with Crippen molar-refractivity contribution in [3.63, 3.8) is 0 Å². The zero-order chi connectivity index (χ0) is 15.7. The number of rotatable bonds is 4. The molecule has 0 radical (unpaired) electrons. The summed E-state index contributed by atoms with van der Waals surface area (Å²) in [6, 6.07) is -0.264. The van der Waals surface area contributed by atoms with E-state index in [0.717, 1.165) is 32.2 Å². The molecule has 0 spiro atoms. The highest BCUT2D eigenvalue weighted by Gasteiger charge is 2.52. The Morgan fingerprint density at radius 2 is 2.00 bits per heavy atom. The van der Waals surface area contributed by atoms with Gasteiger partial charge in [-0.15, -0.1) is 0 Å². The van der Waals surface area contributed by atoms with Crippen LogP contribution < -0.4 is 5.32 Å². The van der Waals surface area contributed by atoms with Crippen LogP contribution in [-0.2, 0) is 9.59 Å². The van der Waals surface area contributed by atoms with E-state index in [4.69, 9.17) is 0 Å². The fourth-order valence-electron chi connectivity index (χ4n) is 3.99. The molecule has 0 aromatic rings. The summed E-state index contributed by atoms with van der Waals surface area (Å²) in [5, 5.41) is 13.0. The lowest BCUT2D eigenvalue weighted by Crippen LogP contribution is -2.62. The molecule has 21 heavy (non-hydrogen) atoms. The second-order valence-corrected chi connectivity index (χ2v) is 7.16. The Balaban J connectivity index is 2.26. The molecule has 2 heterocycles. The van der Waals surface area contributed by atoms with Crippen LogP contribution in [0.25, 0.3) is 0 Å². The van der Waals surface area contributed by atoms with Crippen molar-refractivity contribution >= 4 is 11.9 Å². The second kappa shape index (κ2) is 5.95. The normalized spacial score (nSPS) is 32.1. The highest BCUT2D eigenvalue weighted by Crippen LogP contribution is 2.38. The van der Waals surface area contributed by atoms with Gasteiger partial charge < -0.3 is 15.3 Å². The number of hydrogen-bond acceptors (Lipinski definition) is 3. The zero-order valence-corrected chi connectivity index (χ0v) is 13.4. The van der Waals surface area contributed by atoms with E-state index in [1.165, 1.54) is 0 Å². The number of nitrogens with one attached hydrogen (secondary N) is 1. The first-order valence-electron chi connectivity index (χ1n) is 8.13. The number of carboxylic acid groups (broad SMARTS) is 1. The molecule has 2 rings (SSSR count). The van der Waals surface area contributed by atoms with E-state index < -0.39 is 11.5 Å². The third-order valence-corrected chi connectivity index (χ3v) is 5.19. The van der Waals surface area contributed by atoms with E-state index in [0.29, 0.717) is 19.4 Å². The number of carbonyl (C=O) groups is 2. The van der Waals surface area contributed by atoms with Crippen molar-refractivity contribution in [2.75, 3.05) is 13.1 Å². The first-order valence-corrected chi connectivity index (χ1v) is 8.13. The van der Waals surface area contributed by atoms with E-state index in [9.17, 15) is 14.7 Å². The summed E-state index contributed by atoms with van der Waals surface area (Å²) in [7, 11) is 0. The van der Waals surface area contributed by atoms with Gasteiger partial charge in [0, 0.05) is 6.54 Å². The summed E-state index contributed by atoms with van der Waals surface area (Å²) < 4.78 is 0. The van der Waals surface area contributed by atoms with E-state index in [-0.39, 0.29) is 17.4 Å². The molecule has 2 saturated heterocycles. The first-order chi connectivity index (χ1) is 9.85. The molecule has 2 atom stereocenters. The Kier molecular flexibility index (Phi) is 4.61. The van der Waals surface area contributed by atoms with Crippen LogP contribution in [0.4, 0.5) is 0 Å². The number of carboxylic acids is 1. The van der Waals surface area contributed by atoms with E-state index in [2.05, 4.69) is 19.2 Å². The van der Waals surface area contributed by atoms with Gasteiger partial charge in [-0.05, 0) is 44.1 Å². The van der Waals surface area contributed by atoms with Crippen LogP contribution in [0.3, 0.4) is 0 Å². The average Bonchev–Trinajstić information content (AvgIpc) is 2.83. The van der Waals surface area contributed by atoms with Crippen molar-refractivity contribution < 1.29 is 14.7 Å². The molecular formula is C16H28N2O3. The summed E-state index contributed by atoms with van der Waals surface area (Å²) in [6.45, 7) is 7.58. The summed E-state index contributed by atoms with van der Waals surface area (Å²) >= 11 is 0. The molecule has 0 aromatic carbocycles. The van der Waals surface area contributed by atoms with Crippen molar-refractivity contribution in [2.45, 2.75) is 70.9 Å². The Labute approximate surface area is 127 Å². The molecule has 2 aliphatic heterocycles. The molecule has 5 heteroatoms. The number of likely N-dealkylation sites (tertiary alicyclic amines) is 1. The van der Waals surface area contributed by atoms with Crippen LogP contribution in [0, 0.1) is 5.41 Å². The number of carbonyl (C=O) groups excluding carboxylic acids is 1. The maximum atomic E-state index is 13.0. The SMILES string of the molecule is CCCC1(C(=O)O)CCCN1C(=O)C1NCCCC1(C)C. The average molecular weight is 296 g/mol. The molecule has 1 amide bonds. The van der Waals surface area contributed by atoms with Gasteiger partial charge in [0.2, 0.25) is 5.91 Å². The topological polar surface area (TPSA) is 69.6 Å². The maximum Gasteiger partial charge on any atom is 0.329 e. The van der Waals surface area contributed by atoms with Gasteiger partial charge in [0.1, 0.15) is 5.54 Å². The summed E-state index contributed by atoms with van der Waals surface area (Å²) in [4.78, 5) is 26.5. The first kappa shape index (κ1) is 16.3. The Hall–Kier alpha value is -1.10. The molecule has 120 valence electrons. The maximum absolute atomic E-state index is 13.0. The van der Waals surface area contributed by atoms with Crippen molar-refractivity contribution in [2.24, 2.45) is 5.41 Å². The highest BCUT2D eigenvalue weighted by molar-refractivity contribution is 5.90. The van der Waals surface area contributed by atoms with E-state index >= 15 is 0 Å². The van der Waals surface area contributed by atoms with Gasteiger partial charge in [-0.25, -0.2) is 4.79 Å². The summed E-state index contributed by atoms with van der Waals surface area (Å²) in [5.41, 5.74) is -1.10. The minimum Gasteiger partial charge on any atom is -0.479 e. The van der Waals surface area contributed by atoms with Crippen LogP contribution in [0.1, 0.15) is 59.3 Å². The predicted molar refractivity (Wildman–Crippen MR) is 81.0 cm³/mol. The third kappa shape index (κ3) is 2.80. The van der Waals surface area contributed by atoms with Crippen LogP contribution in [0.5, 0.6) is 0 Å². The highest BCUT2D eigenvalue weighted by atomic mass is 16.4. The smallest absolute Gasteiger partial charge is 0.329 e. The Bertz CT molecular complexity index is 422. The van der Waals surface area contributed by atoms with Gasteiger partial charge in [-0.1, -0.05) is 27.2 Å². The molecule has 2 fully saturated rings. The largest absolute Gasteiger partial charge is 0.479 e. The van der Waals surface area contributed by atoms with Gasteiger partial charge in [0.05, 0.1) is 6.04 Å². The second-order valence-electron chi connectivity index (χ2n) is 7.16. The fraction of sp³-hybridized carbons (Fsp3) is 0.875. The molecule has 2 unspecified atom stereocenters. The van der Waals surface area contributed by atoms with Crippen molar-refractivity contribution in [1.82, 2.24) is 10.2 Å². The molecule has 2 N–H and O–H groups in total.